The molecule has 7 nitrogen and oxygen atoms in total. The number of benzene rings is 1. The van der Waals surface area contributed by atoms with Crippen LogP contribution in [0.1, 0.15) is 18.7 Å². The molecule has 0 aliphatic heterocycles. The van der Waals surface area contributed by atoms with Crippen molar-refractivity contribution in [3.05, 3.63) is 41.5 Å². The second kappa shape index (κ2) is 7.49. The number of anilines is 1. The van der Waals surface area contributed by atoms with E-state index >= 15 is 0 Å². The maximum absolute atomic E-state index is 11.6. The van der Waals surface area contributed by atoms with Crippen molar-refractivity contribution in [3.63, 3.8) is 0 Å². The number of carboxylic acid groups (broad SMARTS) is 1. The van der Waals surface area contributed by atoms with Gasteiger partial charge in [0.15, 0.2) is 0 Å². The molecule has 26 heavy (non-hydrogen) atoms. The van der Waals surface area contributed by atoms with Crippen LogP contribution < -0.4 is 11.1 Å². The van der Waals surface area contributed by atoms with E-state index in [1.54, 1.807) is 6.92 Å². The van der Waals surface area contributed by atoms with E-state index in [4.69, 9.17) is 5.73 Å². The average molecular weight is 370 g/mol. The van der Waals surface area contributed by atoms with Crippen LogP contribution in [0.3, 0.4) is 0 Å². The van der Waals surface area contributed by atoms with E-state index < -0.39 is 17.9 Å². The van der Waals surface area contributed by atoms with Crippen LogP contribution in [-0.2, 0) is 9.59 Å². The lowest BCUT2D eigenvalue weighted by atomic mass is 10.1. The quantitative estimate of drug-likeness (QED) is 0.588. The summed E-state index contributed by atoms with van der Waals surface area (Å²) in [6.45, 7) is 1.76. The predicted molar refractivity (Wildman–Crippen MR) is 101 cm³/mol. The summed E-state index contributed by atoms with van der Waals surface area (Å²) >= 11 is 1.48. The number of fused-ring (bicyclic) bond motifs is 1. The Balaban J connectivity index is 2.05. The van der Waals surface area contributed by atoms with Crippen molar-refractivity contribution in [2.75, 3.05) is 5.32 Å². The van der Waals surface area contributed by atoms with Crippen LogP contribution in [0.15, 0.2) is 35.7 Å². The zero-order valence-electron chi connectivity index (χ0n) is 14.1. The van der Waals surface area contributed by atoms with Crippen molar-refractivity contribution in [1.82, 2.24) is 9.97 Å². The molecule has 2 aromatic heterocycles. The summed E-state index contributed by atoms with van der Waals surface area (Å²) in [5, 5.41) is 15.2. The van der Waals surface area contributed by atoms with Gasteiger partial charge in [0.25, 0.3) is 0 Å². The standard InChI is InChI=1S/C18H18N4O3S/c1-10-20-16(22-13(18(24)25)7-8-14(19)23)15-12(9-26-17(15)21-10)11-5-3-2-4-6-11/h2-6,9,13H,7-8H2,1H3,(H2,19,23)(H,24,25)(H,20,21,22). The number of nitrogens with zero attached hydrogens (tertiary/aromatic N) is 2. The highest BCUT2D eigenvalue weighted by molar-refractivity contribution is 7.17. The number of hydrogen-bond acceptors (Lipinski definition) is 6. The molecule has 0 aliphatic carbocycles. The summed E-state index contributed by atoms with van der Waals surface area (Å²) < 4.78 is 0. The molecule has 0 saturated carbocycles. The smallest absolute Gasteiger partial charge is 0.326 e. The van der Waals surface area contributed by atoms with E-state index in [-0.39, 0.29) is 12.8 Å². The number of amides is 1. The number of hydrogen-bond donors (Lipinski definition) is 3. The number of aromatic nitrogens is 2. The molecule has 0 fully saturated rings. The maximum Gasteiger partial charge on any atom is 0.326 e. The molecule has 1 unspecified atom stereocenters. The Morgan fingerprint density at radius 3 is 2.65 bits per heavy atom. The third kappa shape index (κ3) is 3.80. The van der Waals surface area contributed by atoms with Gasteiger partial charge in [-0.25, -0.2) is 14.8 Å². The molecule has 2 heterocycles. The van der Waals surface area contributed by atoms with Crippen LogP contribution in [0.2, 0.25) is 0 Å². The number of primary amides is 1. The Hall–Kier alpha value is -3.00. The van der Waals surface area contributed by atoms with Gasteiger partial charge in [0.05, 0.1) is 5.39 Å². The summed E-state index contributed by atoms with van der Waals surface area (Å²) in [7, 11) is 0. The lowest BCUT2D eigenvalue weighted by Crippen LogP contribution is -2.31. The molecule has 0 saturated heterocycles. The molecule has 1 amide bonds. The van der Waals surface area contributed by atoms with Gasteiger partial charge in [-0.3, -0.25) is 4.79 Å². The van der Waals surface area contributed by atoms with E-state index in [0.717, 1.165) is 21.3 Å². The fourth-order valence-electron chi connectivity index (χ4n) is 2.69. The zero-order chi connectivity index (χ0) is 18.7. The molecule has 1 aromatic carbocycles. The lowest BCUT2D eigenvalue weighted by molar-refractivity contribution is -0.138. The van der Waals surface area contributed by atoms with Crippen molar-refractivity contribution in [1.29, 1.82) is 0 Å². The number of carboxylic acids is 1. The summed E-state index contributed by atoms with van der Waals surface area (Å²) in [6.07, 6.45) is 0.0619. The summed E-state index contributed by atoms with van der Waals surface area (Å²) in [5.74, 6) is -0.611. The van der Waals surface area contributed by atoms with Gasteiger partial charge in [-0.1, -0.05) is 30.3 Å². The van der Waals surface area contributed by atoms with Gasteiger partial charge in [-0.2, -0.15) is 0 Å². The second-order valence-corrected chi connectivity index (χ2v) is 6.71. The Kier molecular flexibility index (Phi) is 5.13. The average Bonchev–Trinajstić information content (AvgIpc) is 3.02. The molecular weight excluding hydrogens is 352 g/mol. The van der Waals surface area contributed by atoms with Gasteiger partial charge in [0.2, 0.25) is 5.91 Å². The van der Waals surface area contributed by atoms with Crippen molar-refractivity contribution >= 4 is 39.2 Å². The van der Waals surface area contributed by atoms with E-state index in [2.05, 4.69) is 15.3 Å². The largest absolute Gasteiger partial charge is 0.480 e. The molecule has 1 atom stereocenters. The number of aryl methyl sites for hydroxylation is 1. The number of carbonyl (C=O) groups excluding carboxylic acids is 1. The van der Waals surface area contributed by atoms with Gasteiger partial charge in [-0.15, -0.1) is 11.3 Å². The van der Waals surface area contributed by atoms with Crippen LogP contribution in [-0.4, -0.2) is 33.0 Å². The van der Waals surface area contributed by atoms with E-state index in [9.17, 15) is 14.7 Å². The molecule has 0 bridgehead atoms. The molecule has 8 heteroatoms. The van der Waals surface area contributed by atoms with Gasteiger partial charge >= 0.3 is 5.97 Å². The van der Waals surface area contributed by atoms with Crippen LogP contribution in [0.25, 0.3) is 21.3 Å². The lowest BCUT2D eigenvalue weighted by Gasteiger charge is -2.16. The number of thiophene rings is 1. The number of nitrogens with two attached hydrogens (primary N) is 1. The number of nitrogens with one attached hydrogen (secondary N) is 1. The van der Waals surface area contributed by atoms with Crippen LogP contribution in [0.5, 0.6) is 0 Å². The zero-order valence-corrected chi connectivity index (χ0v) is 14.9. The van der Waals surface area contributed by atoms with Gasteiger partial charge in [-0.05, 0) is 18.9 Å². The normalized spacial score (nSPS) is 12.0. The van der Waals surface area contributed by atoms with Crippen molar-refractivity contribution in [2.24, 2.45) is 5.73 Å². The van der Waals surface area contributed by atoms with E-state index in [1.165, 1.54) is 11.3 Å². The SMILES string of the molecule is Cc1nc(NC(CCC(N)=O)C(=O)O)c2c(-c3ccccc3)csc2n1. The Labute approximate surface area is 153 Å². The highest BCUT2D eigenvalue weighted by Crippen LogP contribution is 2.37. The molecule has 0 spiro atoms. The molecule has 4 N–H and O–H groups in total. The summed E-state index contributed by atoms with van der Waals surface area (Å²) in [5.41, 5.74) is 7.08. The fourth-order valence-corrected chi connectivity index (χ4v) is 3.68. The number of carbonyl (C=O) groups is 2. The molecule has 0 aliphatic rings. The monoisotopic (exact) mass is 370 g/mol. The number of rotatable bonds is 7. The first kappa shape index (κ1) is 17.8. The van der Waals surface area contributed by atoms with Gasteiger partial charge < -0.3 is 16.2 Å². The molecule has 0 radical (unpaired) electrons. The van der Waals surface area contributed by atoms with Crippen LogP contribution >= 0.6 is 11.3 Å². The Morgan fingerprint density at radius 1 is 1.27 bits per heavy atom. The maximum atomic E-state index is 11.6. The molecular formula is C18H18N4O3S. The molecule has 134 valence electrons. The third-order valence-corrected chi connectivity index (χ3v) is 4.79. The van der Waals surface area contributed by atoms with Gasteiger partial charge in [0.1, 0.15) is 22.5 Å². The first-order valence-electron chi connectivity index (χ1n) is 8.04. The van der Waals surface area contributed by atoms with Crippen molar-refractivity contribution in [2.45, 2.75) is 25.8 Å². The number of aliphatic carboxylic acids is 1. The minimum atomic E-state index is -1.06. The Bertz CT molecular complexity index is 956. The highest BCUT2D eigenvalue weighted by Gasteiger charge is 2.22. The molecule has 3 rings (SSSR count). The highest BCUT2D eigenvalue weighted by atomic mass is 32.1. The van der Waals surface area contributed by atoms with E-state index in [0.29, 0.717) is 11.6 Å². The first-order valence-corrected chi connectivity index (χ1v) is 8.92. The van der Waals surface area contributed by atoms with Gasteiger partial charge in [0, 0.05) is 17.4 Å². The predicted octanol–water partition coefficient (Wildman–Crippen LogP) is 2.80. The Morgan fingerprint density at radius 2 is 2.00 bits per heavy atom. The van der Waals surface area contributed by atoms with Crippen LogP contribution in [0, 0.1) is 6.92 Å². The van der Waals surface area contributed by atoms with E-state index in [1.807, 2.05) is 35.7 Å². The topological polar surface area (TPSA) is 118 Å². The van der Waals surface area contributed by atoms with Crippen molar-refractivity contribution in [3.8, 4) is 11.1 Å². The first-order chi connectivity index (χ1) is 12.5. The minimum Gasteiger partial charge on any atom is -0.480 e. The minimum absolute atomic E-state index is 0.0215. The molecule has 3 aromatic rings. The fraction of sp³-hybridized carbons (Fsp3) is 0.222. The summed E-state index contributed by atoms with van der Waals surface area (Å²) in [6, 6.07) is 8.80. The summed E-state index contributed by atoms with van der Waals surface area (Å²) in [4.78, 5) is 32.2. The van der Waals surface area contributed by atoms with Crippen molar-refractivity contribution < 1.29 is 14.7 Å². The third-order valence-electron chi connectivity index (χ3n) is 3.92. The second-order valence-electron chi connectivity index (χ2n) is 5.86. The van der Waals surface area contributed by atoms with Crippen LogP contribution in [0.4, 0.5) is 5.82 Å².